The quantitative estimate of drug-likeness (QED) is 0.342. The fourth-order valence-electron chi connectivity index (χ4n) is 3.46. The lowest BCUT2D eigenvalue weighted by Crippen LogP contribution is -2.28. The lowest BCUT2D eigenvalue weighted by Gasteiger charge is -2.15. The average molecular weight is 467 g/mol. The first-order valence-corrected chi connectivity index (χ1v) is 11.3. The van der Waals surface area contributed by atoms with E-state index in [9.17, 15) is 9.59 Å². The summed E-state index contributed by atoms with van der Waals surface area (Å²) in [6.45, 7) is 0. The number of amides is 1. The second-order valence-corrected chi connectivity index (χ2v) is 8.41. The Morgan fingerprint density at radius 1 is 0.882 bits per heavy atom. The van der Waals surface area contributed by atoms with Gasteiger partial charge in [0.15, 0.2) is 5.17 Å². The van der Waals surface area contributed by atoms with Crippen molar-refractivity contribution in [2.45, 2.75) is 0 Å². The molecule has 0 saturated carbocycles. The Bertz CT molecular complexity index is 1410. The van der Waals surface area contributed by atoms with Crippen molar-refractivity contribution in [3.8, 4) is 11.3 Å². The van der Waals surface area contributed by atoms with Crippen LogP contribution in [0.15, 0.2) is 111 Å². The minimum atomic E-state index is -0.982. The van der Waals surface area contributed by atoms with Gasteiger partial charge in [0.2, 0.25) is 0 Å². The molecule has 1 aromatic heterocycles. The summed E-state index contributed by atoms with van der Waals surface area (Å²) in [6, 6.07) is 28.9. The molecule has 1 N–H and O–H groups in total. The van der Waals surface area contributed by atoms with Gasteiger partial charge in [-0.25, -0.2) is 9.79 Å². The van der Waals surface area contributed by atoms with Crippen molar-refractivity contribution >= 4 is 46.3 Å². The zero-order chi connectivity index (χ0) is 23.5. The molecule has 4 aromatic rings. The van der Waals surface area contributed by atoms with Gasteiger partial charge in [0, 0.05) is 11.6 Å². The van der Waals surface area contributed by atoms with Crippen molar-refractivity contribution in [1.82, 2.24) is 0 Å². The zero-order valence-electron chi connectivity index (χ0n) is 17.8. The Labute approximate surface area is 199 Å². The molecule has 0 aliphatic carbocycles. The van der Waals surface area contributed by atoms with Crippen LogP contribution in [0.2, 0.25) is 0 Å². The zero-order valence-corrected chi connectivity index (χ0v) is 18.6. The number of anilines is 1. The van der Waals surface area contributed by atoms with Crippen molar-refractivity contribution in [1.29, 1.82) is 0 Å². The lowest BCUT2D eigenvalue weighted by atomic mass is 10.1. The maximum absolute atomic E-state index is 13.3. The van der Waals surface area contributed by atoms with Gasteiger partial charge >= 0.3 is 5.97 Å². The van der Waals surface area contributed by atoms with Gasteiger partial charge in [-0.15, -0.1) is 0 Å². The van der Waals surface area contributed by atoms with E-state index in [2.05, 4.69) is 0 Å². The van der Waals surface area contributed by atoms with E-state index in [1.165, 1.54) is 23.9 Å². The molecule has 0 radical (unpaired) electrons. The van der Waals surface area contributed by atoms with Gasteiger partial charge in [0.25, 0.3) is 5.91 Å². The third-order valence-corrected chi connectivity index (χ3v) is 6.09. The Hall–Kier alpha value is -4.36. The number of rotatable bonds is 5. The van der Waals surface area contributed by atoms with Crippen LogP contribution in [0.4, 0.5) is 11.4 Å². The highest BCUT2D eigenvalue weighted by molar-refractivity contribution is 8.19. The predicted octanol–water partition coefficient (Wildman–Crippen LogP) is 6.45. The second kappa shape index (κ2) is 9.25. The highest BCUT2D eigenvalue weighted by atomic mass is 32.2. The third-order valence-electron chi connectivity index (χ3n) is 5.12. The Balaban J connectivity index is 1.47. The van der Waals surface area contributed by atoms with E-state index in [1.807, 2.05) is 60.7 Å². The highest BCUT2D eigenvalue weighted by Crippen LogP contribution is 2.37. The molecule has 34 heavy (non-hydrogen) atoms. The number of amidine groups is 1. The van der Waals surface area contributed by atoms with Gasteiger partial charge in [-0.05, 0) is 60.3 Å². The van der Waals surface area contributed by atoms with Crippen LogP contribution in [-0.4, -0.2) is 22.2 Å². The molecule has 0 unspecified atom stereocenters. The molecule has 1 aliphatic heterocycles. The third kappa shape index (κ3) is 4.42. The number of aliphatic imine (C=N–C) groups is 1. The fourth-order valence-corrected chi connectivity index (χ4v) is 4.44. The SMILES string of the molecule is O=C(O)c1ccc(-c2ccc(/C=C3/S/C(=N\c4ccccc4)N(c4ccccc4)C3=O)o2)cc1. The van der Waals surface area contributed by atoms with Gasteiger partial charge in [-0.2, -0.15) is 0 Å². The molecule has 6 nitrogen and oxygen atoms in total. The van der Waals surface area contributed by atoms with E-state index in [1.54, 1.807) is 35.2 Å². The van der Waals surface area contributed by atoms with Crippen LogP contribution >= 0.6 is 11.8 Å². The number of hydrogen-bond donors (Lipinski definition) is 1. The monoisotopic (exact) mass is 466 g/mol. The van der Waals surface area contributed by atoms with Gasteiger partial charge < -0.3 is 9.52 Å². The van der Waals surface area contributed by atoms with E-state index in [0.29, 0.717) is 21.6 Å². The number of hydrogen-bond acceptors (Lipinski definition) is 5. The summed E-state index contributed by atoms with van der Waals surface area (Å²) in [5, 5.41) is 9.63. The molecule has 7 heteroatoms. The van der Waals surface area contributed by atoms with E-state index in [4.69, 9.17) is 14.5 Å². The topological polar surface area (TPSA) is 83.1 Å². The molecular formula is C27H18N2O4S. The Morgan fingerprint density at radius 3 is 2.24 bits per heavy atom. The van der Waals surface area contributed by atoms with Crippen LogP contribution in [0.25, 0.3) is 17.4 Å². The molecule has 0 spiro atoms. The standard InChI is InChI=1S/C27H18N2O4S/c30-25-24(17-22-15-16-23(33-22)18-11-13-19(14-12-18)26(31)32)34-27(28-20-7-3-1-4-8-20)29(25)21-9-5-2-6-10-21/h1-17H,(H,31,32)/b24-17+,28-27-. The molecule has 1 aliphatic rings. The maximum Gasteiger partial charge on any atom is 0.335 e. The van der Waals surface area contributed by atoms with Gasteiger partial charge in [-0.1, -0.05) is 48.5 Å². The van der Waals surface area contributed by atoms with Crippen molar-refractivity contribution in [2.24, 2.45) is 4.99 Å². The average Bonchev–Trinajstić information content (AvgIpc) is 3.45. The minimum absolute atomic E-state index is 0.186. The first kappa shape index (κ1) is 21.5. The summed E-state index contributed by atoms with van der Waals surface area (Å²) in [5.41, 5.74) is 2.44. The van der Waals surface area contributed by atoms with E-state index < -0.39 is 5.97 Å². The smallest absolute Gasteiger partial charge is 0.335 e. The summed E-state index contributed by atoms with van der Waals surface area (Å²) < 4.78 is 5.93. The molecule has 0 bridgehead atoms. The molecule has 3 aromatic carbocycles. The van der Waals surface area contributed by atoms with Crippen LogP contribution in [0.3, 0.4) is 0 Å². The molecule has 0 atom stereocenters. The largest absolute Gasteiger partial charge is 0.478 e. The van der Waals surface area contributed by atoms with Crippen LogP contribution in [-0.2, 0) is 4.79 Å². The molecule has 1 amide bonds. The fraction of sp³-hybridized carbons (Fsp3) is 0. The van der Waals surface area contributed by atoms with Gasteiger partial charge in [0.1, 0.15) is 11.5 Å². The van der Waals surface area contributed by atoms with Crippen LogP contribution in [0, 0.1) is 0 Å². The highest BCUT2D eigenvalue weighted by Gasteiger charge is 2.35. The maximum atomic E-state index is 13.3. The number of carbonyl (C=O) groups is 2. The van der Waals surface area contributed by atoms with E-state index >= 15 is 0 Å². The summed E-state index contributed by atoms with van der Waals surface area (Å²) in [7, 11) is 0. The number of aromatic carboxylic acids is 1. The van der Waals surface area contributed by atoms with Gasteiger partial charge in [-0.3, -0.25) is 9.69 Å². The number of carbonyl (C=O) groups excluding carboxylic acids is 1. The van der Waals surface area contributed by atoms with Crippen LogP contribution in [0.1, 0.15) is 16.1 Å². The van der Waals surface area contributed by atoms with E-state index in [0.717, 1.165) is 16.9 Å². The Morgan fingerprint density at radius 2 is 1.56 bits per heavy atom. The number of nitrogens with zero attached hydrogens (tertiary/aromatic N) is 2. The molecule has 166 valence electrons. The molecular weight excluding hydrogens is 448 g/mol. The molecule has 1 fully saturated rings. The molecule has 2 heterocycles. The number of furan rings is 1. The number of benzene rings is 3. The second-order valence-electron chi connectivity index (χ2n) is 7.40. The molecule has 1 saturated heterocycles. The number of carboxylic acids is 1. The van der Waals surface area contributed by atoms with Crippen molar-refractivity contribution < 1.29 is 19.1 Å². The number of carboxylic acid groups (broad SMARTS) is 1. The summed E-state index contributed by atoms with van der Waals surface area (Å²) in [6.07, 6.45) is 1.70. The minimum Gasteiger partial charge on any atom is -0.478 e. The summed E-state index contributed by atoms with van der Waals surface area (Å²) >= 11 is 1.28. The normalized spacial score (nSPS) is 15.9. The van der Waals surface area contributed by atoms with Crippen molar-refractivity contribution in [2.75, 3.05) is 4.90 Å². The van der Waals surface area contributed by atoms with Crippen molar-refractivity contribution in [3.05, 3.63) is 113 Å². The Kier molecular flexibility index (Phi) is 5.84. The first-order valence-electron chi connectivity index (χ1n) is 10.4. The van der Waals surface area contributed by atoms with E-state index in [-0.39, 0.29) is 11.5 Å². The number of para-hydroxylation sites is 2. The summed E-state index contributed by atoms with van der Waals surface area (Å²) in [5.74, 6) is -0.0711. The van der Waals surface area contributed by atoms with Crippen LogP contribution < -0.4 is 4.90 Å². The number of thioether (sulfide) groups is 1. The lowest BCUT2D eigenvalue weighted by molar-refractivity contribution is -0.113. The van der Waals surface area contributed by atoms with Gasteiger partial charge in [0.05, 0.1) is 21.8 Å². The van der Waals surface area contributed by atoms with Crippen molar-refractivity contribution in [3.63, 3.8) is 0 Å². The molecule has 5 rings (SSSR count). The summed E-state index contributed by atoms with van der Waals surface area (Å²) in [4.78, 5) is 31.2. The first-order chi connectivity index (χ1) is 16.6. The predicted molar refractivity (Wildman–Crippen MR) is 134 cm³/mol. The van der Waals surface area contributed by atoms with Crippen LogP contribution in [0.5, 0.6) is 0 Å².